The smallest absolute Gasteiger partial charge is 0.196 e. The zero-order chi connectivity index (χ0) is 12.9. The third-order valence-electron chi connectivity index (χ3n) is 3.48. The van der Waals surface area contributed by atoms with E-state index in [9.17, 15) is 9.90 Å². The summed E-state index contributed by atoms with van der Waals surface area (Å²) in [7, 11) is 0. The molecule has 0 heterocycles. The number of rotatable bonds is 0. The number of aliphatic hydroxyl groups is 1. The standard InChI is InChI=1S/C16H14O2/c1-9-3-5-11-13(7-9)14-8-10(2)4-6-12(14)16(18)15(11)17/h3-8,15,17H,1-2H3. The first-order valence-corrected chi connectivity index (χ1v) is 6.02. The molecule has 18 heavy (non-hydrogen) atoms. The molecule has 1 unspecified atom stereocenters. The molecule has 2 aromatic rings. The highest BCUT2D eigenvalue weighted by Gasteiger charge is 2.30. The van der Waals surface area contributed by atoms with Crippen molar-refractivity contribution in [3.63, 3.8) is 0 Å². The third-order valence-corrected chi connectivity index (χ3v) is 3.48. The fourth-order valence-corrected chi connectivity index (χ4v) is 2.53. The lowest BCUT2D eigenvalue weighted by Crippen LogP contribution is -2.19. The average molecular weight is 238 g/mol. The molecule has 1 aliphatic rings. The van der Waals surface area contributed by atoms with E-state index in [1.165, 1.54) is 0 Å². The molecule has 0 aromatic heterocycles. The summed E-state index contributed by atoms with van der Waals surface area (Å²) in [4.78, 5) is 12.1. The Bertz CT molecular complexity index is 656. The van der Waals surface area contributed by atoms with Crippen LogP contribution >= 0.6 is 0 Å². The predicted octanol–water partition coefficient (Wildman–Crippen LogP) is 3.20. The van der Waals surface area contributed by atoms with Crippen LogP contribution in [-0.4, -0.2) is 10.9 Å². The number of carbonyl (C=O) groups excluding carboxylic acids is 1. The minimum atomic E-state index is -1.03. The van der Waals surface area contributed by atoms with Crippen molar-refractivity contribution in [3.05, 3.63) is 58.7 Å². The summed E-state index contributed by atoms with van der Waals surface area (Å²) in [6, 6.07) is 11.5. The average Bonchev–Trinajstić information content (AvgIpc) is 2.36. The van der Waals surface area contributed by atoms with E-state index in [-0.39, 0.29) is 5.78 Å². The Kier molecular flexibility index (Phi) is 2.35. The number of carbonyl (C=O) groups is 1. The van der Waals surface area contributed by atoms with Crippen LogP contribution in [0, 0.1) is 13.8 Å². The normalized spacial score (nSPS) is 17.3. The Hall–Kier alpha value is -1.93. The quantitative estimate of drug-likeness (QED) is 0.765. The molecular formula is C16H14O2. The molecule has 0 radical (unpaired) electrons. The van der Waals surface area contributed by atoms with Gasteiger partial charge in [0.15, 0.2) is 5.78 Å². The van der Waals surface area contributed by atoms with Gasteiger partial charge in [0.1, 0.15) is 6.10 Å². The fraction of sp³-hybridized carbons (Fsp3) is 0.188. The minimum absolute atomic E-state index is 0.207. The summed E-state index contributed by atoms with van der Waals surface area (Å²) >= 11 is 0. The molecule has 3 rings (SSSR count). The van der Waals surface area contributed by atoms with E-state index in [1.54, 1.807) is 0 Å². The van der Waals surface area contributed by atoms with Gasteiger partial charge in [0.05, 0.1) is 0 Å². The summed E-state index contributed by atoms with van der Waals surface area (Å²) in [5, 5.41) is 10.1. The maximum absolute atomic E-state index is 12.1. The van der Waals surface area contributed by atoms with Gasteiger partial charge in [-0.25, -0.2) is 0 Å². The molecule has 0 bridgehead atoms. The van der Waals surface area contributed by atoms with Crippen LogP contribution in [0.2, 0.25) is 0 Å². The lowest BCUT2D eigenvalue weighted by molar-refractivity contribution is 0.0744. The van der Waals surface area contributed by atoms with Crippen molar-refractivity contribution in [2.45, 2.75) is 20.0 Å². The van der Waals surface area contributed by atoms with Crippen molar-refractivity contribution in [1.29, 1.82) is 0 Å². The third kappa shape index (κ3) is 1.50. The first kappa shape index (κ1) is 11.2. The summed E-state index contributed by atoms with van der Waals surface area (Å²) < 4.78 is 0. The van der Waals surface area contributed by atoms with Crippen LogP contribution in [0.5, 0.6) is 0 Å². The second kappa shape index (κ2) is 3.79. The van der Waals surface area contributed by atoms with Crippen LogP contribution in [0.4, 0.5) is 0 Å². The molecule has 1 atom stereocenters. The van der Waals surface area contributed by atoms with Gasteiger partial charge in [-0.2, -0.15) is 0 Å². The molecule has 0 aliphatic heterocycles. The number of benzene rings is 2. The van der Waals surface area contributed by atoms with Crippen molar-refractivity contribution >= 4 is 5.78 Å². The highest BCUT2D eigenvalue weighted by molar-refractivity contribution is 6.09. The van der Waals surface area contributed by atoms with Crippen molar-refractivity contribution < 1.29 is 9.90 Å². The molecule has 2 heteroatoms. The van der Waals surface area contributed by atoms with Crippen LogP contribution < -0.4 is 0 Å². The topological polar surface area (TPSA) is 37.3 Å². The molecular weight excluding hydrogens is 224 g/mol. The summed E-state index contributed by atoms with van der Waals surface area (Å²) in [6.07, 6.45) is -1.03. The lowest BCUT2D eigenvalue weighted by Gasteiger charge is -2.24. The molecule has 0 amide bonds. The molecule has 90 valence electrons. The van der Waals surface area contributed by atoms with Gasteiger partial charge in [-0.05, 0) is 30.5 Å². The Morgan fingerprint density at radius 1 is 0.889 bits per heavy atom. The summed E-state index contributed by atoms with van der Waals surface area (Å²) in [6.45, 7) is 4.02. The maximum atomic E-state index is 12.1. The predicted molar refractivity (Wildman–Crippen MR) is 70.6 cm³/mol. The molecule has 0 saturated heterocycles. The molecule has 0 spiro atoms. The Balaban J connectivity index is 2.37. The Morgan fingerprint density at radius 3 is 2.22 bits per heavy atom. The van der Waals surface area contributed by atoms with Gasteiger partial charge >= 0.3 is 0 Å². The van der Waals surface area contributed by atoms with E-state index in [0.29, 0.717) is 11.1 Å². The van der Waals surface area contributed by atoms with Crippen LogP contribution in [-0.2, 0) is 0 Å². The second-order valence-corrected chi connectivity index (χ2v) is 4.91. The van der Waals surface area contributed by atoms with E-state index < -0.39 is 6.10 Å². The van der Waals surface area contributed by atoms with Crippen molar-refractivity contribution in [2.24, 2.45) is 0 Å². The van der Waals surface area contributed by atoms with Gasteiger partial charge < -0.3 is 5.11 Å². The van der Waals surface area contributed by atoms with E-state index >= 15 is 0 Å². The number of aryl methyl sites for hydroxylation is 2. The molecule has 2 nitrogen and oxygen atoms in total. The zero-order valence-electron chi connectivity index (χ0n) is 10.4. The zero-order valence-corrected chi connectivity index (χ0v) is 10.4. The number of hydrogen-bond donors (Lipinski definition) is 1. The summed E-state index contributed by atoms with van der Waals surface area (Å²) in [5.41, 5.74) is 5.48. The highest BCUT2D eigenvalue weighted by atomic mass is 16.3. The number of ketones is 1. The van der Waals surface area contributed by atoms with Crippen LogP contribution in [0.3, 0.4) is 0 Å². The maximum Gasteiger partial charge on any atom is 0.196 e. The monoisotopic (exact) mass is 238 g/mol. The van der Waals surface area contributed by atoms with E-state index in [0.717, 1.165) is 22.3 Å². The highest BCUT2D eigenvalue weighted by Crippen LogP contribution is 2.39. The van der Waals surface area contributed by atoms with E-state index in [4.69, 9.17) is 0 Å². The van der Waals surface area contributed by atoms with Gasteiger partial charge in [-0.15, -0.1) is 0 Å². The number of fused-ring (bicyclic) bond motifs is 3. The minimum Gasteiger partial charge on any atom is -0.380 e. The van der Waals surface area contributed by atoms with Crippen LogP contribution in [0.25, 0.3) is 11.1 Å². The lowest BCUT2D eigenvalue weighted by atomic mass is 9.82. The molecule has 2 aromatic carbocycles. The Labute approximate surface area is 106 Å². The number of aliphatic hydroxyl groups excluding tert-OH is 1. The first-order valence-electron chi connectivity index (χ1n) is 6.02. The van der Waals surface area contributed by atoms with Gasteiger partial charge in [0, 0.05) is 5.56 Å². The molecule has 1 N–H and O–H groups in total. The van der Waals surface area contributed by atoms with E-state index in [2.05, 4.69) is 0 Å². The number of Topliss-reactive ketones (excluding diaryl/α,β-unsaturated/α-hetero) is 1. The summed E-state index contributed by atoms with van der Waals surface area (Å²) in [5.74, 6) is -0.207. The first-order chi connectivity index (χ1) is 8.58. The van der Waals surface area contributed by atoms with Gasteiger partial charge in [0.2, 0.25) is 0 Å². The van der Waals surface area contributed by atoms with E-state index in [1.807, 2.05) is 50.2 Å². The van der Waals surface area contributed by atoms with Crippen molar-refractivity contribution in [3.8, 4) is 11.1 Å². The molecule has 0 fully saturated rings. The molecule has 0 saturated carbocycles. The van der Waals surface area contributed by atoms with Gasteiger partial charge in [0.25, 0.3) is 0 Å². The number of hydrogen-bond acceptors (Lipinski definition) is 2. The van der Waals surface area contributed by atoms with Gasteiger partial charge in [-0.1, -0.05) is 47.5 Å². The van der Waals surface area contributed by atoms with Crippen LogP contribution in [0.1, 0.15) is 33.2 Å². The van der Waals surface area contributed by atoms with Crippen LogP contribution in [0.15, 0.2) is 36.4 Å². The van der Waals surface area contributed by atoms with Crippen molar-refractivity contribution in [1.82, 2.24) is 0 Å². The SMILES string of the molecule is Cc1ccc2c(c1)-c1cc(C)ccc1C(O)C2=O. The largest absolute Gasteiger partial charge is 0.380 e. The fourth-order valence-electron chi connectivity index (χ4n) is 2.53. The van der Waals surface area contributed by atoms with Gasteiger partial charge in [-0.3, -0.25) is 4.79 Å². The second-order valence-electron chi connectivity index (χ2n) is 4.91. The Morgan fingerprint density at radius 2 is 1.50 bits per heavy atom. The molecule has 1 aliphatic carbocycles. The van der Waals surface area contributed by atoms with Crippen molar-refractivity contribution in [2.75, 3.05) is 0 Å².